The number of likely N-dealkylation sites (N-methyl/N-ethyl adjacent to an activating group) is 2. The monoisotopic (exact) mass is 235 g/mol. The molecule has 0 aromatic carbocycles. The Morgan fingerprint density at radius 2 is 1.94 bits per heavy atom. The molecule has 1 aromatic heterocycles. The fourth-order valence-electron chi connectivity index (χ4n) is 2.16. The van der Waals surface area contributed by atoms with Crippen LogP contribution in [0.15, 0.2) is 24.5 Å². The zero-order valence-electron chi connectivity index (χ0n) is 11.5. The summed E-state index contributed by atoms with van der Waals surface area (Å²) >= 11 is 0. The molecule has 3 heteroatoms. The van der Waals surface area contributed by atoms with Crippen LogP contribution in [0, 0.1) is 0 Å². The van der Waals surface area contributed by atoms with E-state index in [1.54, 1.807) is 0 Å². The third-order valence-corrected chi connectivity index (χ3v) is 2.85. The van der Waals surface area contributed by atoms with Crippen molar-refractivity contribution in [2.24, 2.45) is 0 Å². The highest BCUT2D eigenvalue weighted by atomic mass is 15.1. The van der Waals surface area contributed by atoms with Crippen LogP contribution in [0.3, 0.4) is 0 Å². The van der Waals surface area contributed by atoms with Crippen LogP contribution in [0.1, 0.15) is 26.3 Å². The van der Waals surface area contributed by atoms with E-state index in [0.29, 0.717) is 0 Å². The fraction of sp³-hybridized carbons (Fsp3) is 0.643. The number of nitrogens with zero attached hydrogens (tertiary/aromatic N) is 2. The molecule has 0 unspecified atom stereocenters. The maximum absolute atomic E-state index is 4.03. The standard InChI is InChI=1S/C14H25N3/c1-5-16-14(2,3)12-17(4)11-8-13-6-9-15-10-7-13/h6-7,9-10,16H,5,8,11-12H2,1-4H3. The summed E-state index contributed by atoms with van der Waals surface area (Å²) in [5, 5.41) is 3.50. The molecular formula is C14H25N3. The van der Waals surface area contributed by atoms with E-state index < -0.39 is 0 Å². The quantitative estimate of drug-likeness (QED) is 0.783. The second kappa shape index (κ2) is 6.72. The zero-order chi connectivity index (χ0) is 12.7. The van der Waals surface area contributed by atoms with Crippen molar-refractivity contribution in [2.45, 2.75) is 32.7 Å². The number of pyridine rings is 1. The third kappa shape index (κ3) is 5.80. The zero-order valence-corrected chi connectivity index (χ0v) is 11.5. The lowest BCUT2D eigenvalue weighted by Gasteiger charge is -2.31. The lowest BCUT2D eigenvalue weighted by Crippen LogP contribution is -2.48. The van der Waals surface area contributed by atoms with Crippen LogP contribution in [0.25, 0.3) is 0 Å². The topological polar surface area (TPSA) is 28.2 Å². The summed E-state index contributed by atoms with van der Waals surface area (Å²) in [6.07, 6.45) is 4.80. The number of rotatable bonds is 7. The van der Waals surface area contributed by atoms with Gasteiger partial charge in [0.1, 0.15) is 0 Å². The van der Waals surface area contributed by atoms with Crippen LogP contribution in [0.2, 0.25) is 0 Å². The highest BCUT2D eigenvalue weighted by molar-refractivity contribution is 5.09. The molecule has 0 saturated heterocycles. The Morgan fingerprint density at radius 1 is 1.29 bits per heavy atom. The van der Waals surface area contributed by atoms with Gasteiger partial charge in [0.05, 0.1) is 0 Å². The molecule has 0 atom stereocenters. The van der Waals surface area contributed by atoms with E-state index in [1.165, 1.54) is 5.56 Å². The van der Waals surface area contributed by atoms with Crippen LogP contribution in [0.5, 0.6) is 0 Å². The van der Waals surface area contributed by atoms with E-state index in [2.05, 4.69) is 55.2 Å². The van der Waals surface area contributed by atoms with Gasteiger partial charge in [-0.2, -0.15) is 0 Å². The molecule has 1 aromatic rings. The van der Waals surface area contributed by atoms with Gasteiger partial charge < -0.3 is 10.2 Å². The van der Waals surface area contributed by atoms with Crippen LogP contribution in [-0.4, -0.2) is 42.1 Å². The first kappa shape index (κ1) is 14.1. The van der Waals surface area contributed by atoms with Gasteiger partial charge in [-0.05, 0) is 51.6 Å². The molecule has 0 aliphatic carbocycles. The van der Waals surface area contributed by atoms with Gasteiger partial charge in [0.15, 0.2) is 0 Å². The minimum absolute atomic E-state index is 0.182. The van der Waals surface area contributed by atoms with Crippen LogP contribution < -0.4 is 5.32 Å². The smallest absolute Gasteiger partial charge is 0.0270 e. The number of hydrogen-bond donors (Lipinski definition) is 1. The predicted molar refractivity (Wildman–Crippen MR) is 73.2 cm³/mol. The van der Waals surface area contributed by atoms with Crippen molar-refractivity contribution in [3.05, 3.63) is 30.1 Å². The van der Waals surface area contributed by atoms with E-state index in [4.69, 9.17) is 0 Å². The van der Waals surface area contributed by atoms with Crippen molar-refractivity contribution in [3.8, 4) is 0 Å². The summed E-state index contributed by atoms with van der Waals surface area (Å²) < 4.78 is 0. The summed E-state index contributed by atoms with van der Waals surface area (Å²) in [6.45, 7) is 9.81. The SMILES string of the molecule is CCNC(C)(C)CN(C)CCc1ccncc1. The Hall–Kier alpha value is -0.930. The van der Waals surface area contributed by atoms with Crippen molar-refractivity contribution in [1.29, 1.82) is 0 Å². The van der Waals surface area contributed by atoms with E-state index in [9.17, 15) is 0 Å². The molecule has 3 nitrogen and oxygen atoms in total. The average molecular weight is 235 g/mol. The van der Waals surface area contributed by atoms with Crippen molar-refractivity contribution in [3.63, 3.8) is 0 Å². The molecule has 1 rings (SSSR count). The highest BCUT2D eigenvalue weighted by Gasteiger charge is 2.17. The fourth-order valence-corrected chi connectivity index (χ4v) is 2.16. The van der Waals surface area contributed by atoms with Gasteiger partial charge >= 0.3 is 0 Å². The van der Waals surface area contributed by atoms with Crippen LogP contribution >= 0.6 is 0 Å². The minimum Gasteiger partial charge on any atom is -0.311 e. The maximum Gasteiger partial charge on any atom is 0.0270 e. The van der Waals surface area contributed by atoms with Crippen LogP contribution in [-0.2, 0) is 6.42 Å². The molecule has 0 aliphatic rings. The lowest BCUT2D eigenvalue weighted by atomic mass is 10.0. The Balaban J connectivity index is 2.33. The molecule has 96 valence electrons. The van der Waals surface area contributed by atoms with Crippen molar-refractivity contribution in [2.75, 3.05) is 26.7 Å². The van der Waals surface area contributed by atoms with Gasteiger partial charge in [-0.25, -0.2) is 0 Å². The number of nitrogens with one attached hydrogen (secondary N) is 1. The number of hydrogen-bond acceptors (Lipinski definition) is 3. The van der Waals surface area contributed by atoms with E-state index in [-0.39, 0.29) is 5.54 Å². The summed E-state index contributed by atoms with van der Waals surface area (Å²) in [6, 6.07) is 4.17. The Kier molecular flexibility index (Phi) is 5.59. The van der Waals surface area contributed by atoms with E-state index >= 15 is 0 Å². The molecule has 0 radical (unpaired) electrons. The summed E-state index contributed by atoms with van der Waals surface area (Å²) in [5.74, 6) is 0. The van der Waals surface area contributed by atoms with Gasteiger partial charge in [0, 0.05) is 31.0 Å². The lowest BCUT2D eigenvalue weighted by molar-refractivity contribution is 0.240. The molecule has 0 bridgehead atoms. The van der Waals surface area contributed by atoms with Crippen molar-refractivity contribution in [1.82, 2.24) is 15.2 Å². The molecule has 0 spiro atoms. The minimum atomic E-state index is 0.182. The first-order valence-electron chi connectivity index (χ1n) is 6.36. The molecule has 0 aliphatic heterocycles. The van der Waals surface area contributed by atoms with E-state index in [0.717, 1.165) is 26.1 Å². The van der Waals surface area contributed by atoms with E-state index in [1.807, 2.05) is 12.4 Å². The predicted octanol–water partition coefficient (Wildman–Crippen LogP) is 1.94. The Morgan fingerprint density at radius 3 is 2.53 bits per heavy atom. The second-order valence-electron chi connectivity index (χ2n) is 5.26. The first-order valence-corrected chi connectivity index (χ1v) is 6.36. The largest absolute Gasteiger partial charge is 0.311 e. The van der Waals surface area contributed by atoms with Gasteiger partial charge in [0.25, 0.3) is 0 Å². The van der Waals surface area contributed by atoms with Crippen molar-refractivity contribution >= 4 is 0 Å². The van der Waals surface area contributed by atoms with Crippen LogP contribution in [0.4, 0.5) is 0 Å². The molecule has 0 fully saturated rings. The summed E-state index contributed by atoms with van der Waals surface area (Å²) in [7, 11) is 2.18. The van der Waals surface area contributed by atoms with Gasteiger partial charge in [-0.15, -0.1) is 0 Å². The van der Waals surface area contributed by atoms with Gasteiger partial charge in [-0.3, -0.25) is 4.98 Å². The average Bonchev–Trinajstić information content (AvgIpc) is 2.27. The third-order valence-electron chi connectivity index (χ3n) is 2.85. The first-order chi connectivity index (χ1) is 8.03. The highest BCUT2D eigenvalue weighted by Crippen LogP contribution is 2.05. The number of aromatic nitrogens is 1. The molecule has 0 saturated carbocycles. The maximum atomic E-state index is 4.03. The summed E-state index contributed by atoms with van der Waals surface area (Å²) in [5.41, 5.74) is 1.54. The molecule has 1 heterocycles. The van der Waals surface area contributed by atoms with Crippen molar-refractivity contribution < 1.29 is 0 Å². The molecule has 1 N–H and O–H groups in total. The second-order valence-corrected chi connectivity index (χ2v) is 5.26. The van der Waals surface area contributed by atoms with Gasteiger partial charge in [0.2, 0.25) is 0 Å². The molecular weight excluding hydrogens is 210 g/mol. The van der Waals surface area contributed by atoms with Gasteiger partial charge in [-0.1, -0.05) is 6.92 Å². The summed E-state index contributed by atoms with van der Waals surface area (Å²) in [4.78, 5) is 6.41. The molecule has 0 amide bonds. The Bertz CT molecular complexity index is 309. The normalized spacial score (nSPS) is 12.1. The Labute approximate surface area is 105 Å². The molecule has 17 heavy (non-hydrogen) atoms.